The van der Waals surface area contributed by atoms with E-state index in [0.29, 0.717) is 37.6 Å². The van der Waals surface area contributed by atoms with Crippen LogP contribution in [-0.4, -0.2) is 32.5 Å². The highest BCUT2D eigenvalue weighted by molar-refractivity contribution is 7.99. The molecule has 1 unspecified atom stereocenters. The number of fused-ring (bicyclic) bond motifs is 3. The van der Waals surface area contributed by atoms with E-state index in [9.17, 15) is 13.4 Å². The summed E-state index contributed by atoms with van der Waals surface area (Å²) in [6.07, 6.45) is 7.85. The monoisotopic (exact) mass is 432 g/mol. The summed E-state index contributed by atoms with van der Waals surface area (Å²) in [5.74, 6) is 4.06. The number of rotatable bonds is 3. The van der Waals surface area contributed by atoms with Crippen LogP contribution >= 0.6 is 0 Å². The summed E-state index contributed by atoms with van der Waals surface area (Å²) in [5, 5.41) is 7.11. The van der Waals surface area contributed by atoms with Gasteiger partial charge in [-0.2, -0.15) is 5.10 Å². The van der Waals surface area contributed by atoms with Crippen LogP contribution in [0.1, 0.15) is 47.9 Å². The van der Waals surface area contributed by atoms with Gasteiger partial charge in [0.05, 0.1) is 22.5 Å². The van der Waals surface area contributed by atoms with Gasteiger partial charge in [-0.15, -0.1) is 0 Å². The Morgan fingerprint density at radius 2 is 1.77 bits per heavy atom. The lowest BCUT2D eigenvalue weighted by molar-refractivity contribution is 0.256. The molecule has 3 aliphatic rings. The van der Waals surface area contributed by atoms with Crippen LogP contribution in [0.4, 0.5) is 14.9 Å². The van der Waals surface area contributed by atoms with E-state index in [0.717, 1.165) is 60.8 Å². The fraction of sp³-hybridized carbons (Fsp3) is 0.476. The number of carbonyl (C=O) groups excluding carboxylic acids is 1. The van der Waals surface area contributed by atoms with Gasteiger partial charge >= 0.3 is 6.03 Å². The van der Waals surface area contributed by atoms with E-state index in [1.165, 1.54) is 6.20 Å². The largest absolute Gasteiger partial charge is 0.477 e. The number of hydrogen-bond acceptors (Lipinski definition) is 4. The predicted octanol–water partition coefficient (Wildman–Crippen LogP) is 2.98. The highest BCUT2D eigenvalue weighted by Crippen LogP contribution is 2.41. The Hall–Kier alpha value is -2.55. The standard InChI is InChI=1S/C21H25FN4O3S/c1-30(28,17-12-23-26-10-2-3-11-29-20(17)26)25-21(27)24-19-15-8-4-6-13(15)18(22)14-7-5-9-16(14)19/h12H,1-11H2,(H2,24,25,27,28). The Kier molecular flexibility index (Phi) is 4.72. The maximum absolute atomic E-state index is 14.8. The molecule has 1 aromatic carbocycles. The van der Waals surface area contributed by atoms with Gasteiger partial charge in [0.15, 0.2) is 0 Å². The summed E-state index contributed by atoms with van der Waals surface area (Å²) in [6.45, 7) is 1.18. The Balaban J connectivity index is 1.42. The number of benzene rings is 1. The lowest BCUT2D eigenvalue weighted by Crippen LogP contribution is -2.35. The molecule has 2 N–H and O–H groups in total. The van der Waals surface area contributed by atoms with Crippen molar-refractivity contribution in [2.24, 2.45) is 0 Å². The van der Waals surface area contributed by atoms with Gasteiger partial charge < -0.3 is 10.1 Å². The number of anilines is 1. The number of nitrogens with zero attached hydrogens (tertiary/aromatic N) is 2. The van der Waals surface area contributed by atoms with Crippen LogP contribution in [0.25, 0.3) is 0 Å². The highest BCUT2D eigenvalue weighted by Gasteiger charge is 2.30. The van der Waals surface area contributed by atoms with Crippen molar-refractivity contribution >= 4 is 27.3 Å². The quantitative estimate of drug-likeness (QED) is 0.731. The summed E-state index contributed by atoms with van der Waals surface area (Å²) in [6, 6.07) is -0.613. The van der Waals surface area contributed by atoms with E-state index in [-0.39, 0.29) is 10.7 Å². The van der Waals surface area contributed by atoms with Crippen molar-refractivity contribution < 1.29 is 18.1 Å². The van der Waals surface area contributed by atoms with Crippen LogP contribution < -0.4 is 14.8 Å². The minimum Gasteiger partial charge on any atom is -0.477 e. The second-order valence-corrected chi connectivity index (χ2v) is 10.1. The van der Waals surface area contributed by atoms with Crippen LogP contribution in [0, 0.1) is 5.82 Å². The molecule has 9 heteroatoms. The van der Waals surface area contributed by atoms with Crippen molar-refractivity contribution in [3.63, 3.8) is 0 Å². The summed E-state index contributed by atoms with van der Waals surface area (Å²) in [7, 11) is -3.17. The van der Waals surface area contributed by atoms with Gasteiger partial charge in [0.1, 0.15) is 10.7 Å². The molecule has 0 saturated heterocycles. The average molecular weight is 433 g/mol. The number of halogens is 1. The Bertz CT molecular complexity index is 1100. The van der Waals surface area contributed by atoms with Crippen molar-refractivity contribution in [1.29, 1.82) is 0 Å². The molecular formula is C21H25FN4O3S. The van der Waals surface area contributed by atoms with Crippen molar-refractivity contribution in [3.8, 4) is 5.88 Å². The molecule has 2 amide bonds. The van der Waals surface area contributed by atoms with Gasteiger partial charge in [0.2, 0.25) is 5.88 Å². The van der Waals surface area contributed by atoms with Crippen LogP contribution in [0.3, 0.4) is 0 Å². The minimum absolute atomic E-state index is 0.0957. The molecule has 1 atom stereocenters. The number of nitrogens with one attached hydrogen (secondary N) is 2. The molecule has 1 aliphatic heterocycles. The molecule has 0 bridgehead atoms. The molecule has 0 radical (unpaired) electrons. The number of aromatic nitrogens is 2. The average Bonchev–Trinajstić information content (AvgIpc) is 3.42. The number of carbonyl (C=O) groups is 1. The second-order valence-electron chi connectivity index (χ2n) is 8.13. The van der Waals surface area contributed by atoms with E-state index in [2.05, 4.69) is 21.0 Å². The molecule has 0 fully saturated rings. The van der Waals surface area contributed by atoms with Gasteiger partial charge in [-0.3, -0.25) is 4.72 Å². The maximum atomic E-state index is 14.8. The normalized spacial score (nSPS) is 19.1. The van der Waals surface area contributed by atoms with E-state index in [1.54, 1.807) is 4.68 Å². The van der Waals surface area contributed by atoms with Crippen LogP contribution in [0.2, 0.25) is 0 Å². The molecule has 0 spiro atoms. The zero-order chi connectivity index (χ0) is 20.9. The van der Waals surface area contributed by atoms with Crippen LogP contribution in [0.5, 0.6) is 5.88 Å². The first-order chi connectivity index (χ1) is 14.5. The molecule has 2 aromatic rings. The summed E-state index contributed by atoms with van der Waals surface area (Å²) < 4.78 is 38.0. The topological polar surface area (TPSA) is 85.3 Å². The summed E-state index contributed by atoms with van der Waals surface area (Å²) >= 11 is 0. The molecule has 1 aromatic heterocycles. The Morgan fingerprint density at radius 1 is 1.10 bits per heavy atom. The molecule has 0 saturated carbocycles. The summed E-state index contributed by atoms with van der Waals surface area (Å²) in [5.41, 5.74) is 3.88. The molecular weight excluding hydrogens is 407 g/mol. The predicted molar refractivity (Wildman–Crippen MR) is 113 cm³/mol. The Labute approximate surface area is 175 Å². The molecule has 160 valence electrons. The van der Waals surface area contributed by atoms with E-state index < -0.39 is 15.7 Å². The van der Waals surface area contributed by atoms with Crippen molar-refractivity contribution in [2.75, 3.05) is 11.9 Å². The van der Waals surface area contributed by atoms with Crippen molar-refractivity contribution in [2.45, 2.75) is 62.8 Å². The first kappa shape index (κ1) is 19.4. The number of amides is 2. The van der Waals surface area contributed by atoms with Gasteiger partial charge in [0, 0.05) is 12.2 Å². The third-order valence-corrected chi connectivity index (χ3v) is 7.69. The SMILES string of the molecule is C=S(=O)(NC(=O)Nc1c2c(c(F)c3c1CCC3)CCC2)c1cnn2c1OCCCC2. The first-order valence-corrected chi connectivity index (χ1v) is 12.2. The van der Waals surface area contributed by atoms with Crippen LogP contribution in [-0.2, 0) is 41.9 Å². The molecule has 2 heterocycles. The van der Waals surface area contributed by atoms with E-state index in [1.807, 2.05) is 0 Å². The van der Waals surface area contributed by atoms with E-state index >= 15 is 0 Å². The fourth-order valence-electron chi connectivity index (χ4n) is 4.80. The van der Waals surface area contributed by atoms with E-state index in [4.69, 9.17) is 4.74 Å². The Morgan fingerprint density at radius 3 is 2.47 bits per heavy atom. The van der Waals surface area contributed by atoms with Crippen LogP contribution in [0.15, 0.2) is 11.1 Å². The zero-order valence-electron chi connectivity index (χ0n) is 16.8. The molecule has 30 heavy (non-hydrogen) atoms. The van der Waals surface area contributed by atoms with Gasteiger partial charge in [-0.25, -0.2) is 18.1 Å². The number of hydrogen-bond donors (Lipinski definition) is 2. The molecule has 7 nitrogen and oxygen atoms in total. The van der Waals surface area contributed by atoms with Crippen molar-refractivity contribution in [1.82, 2.24) is 14.5 Å². The third-order valence-electron chi connectivity index (χ3n) is 6.18. The lowest BCUT2D eigenvalue weighted by atomic mass is 9.98. The van der Waals surface area contributed by atoms with Gasteiger partial charge in [0.25, 0.3) is 0 Å². The van der Waals surface area contributed by atoms with Crippen molar-refractivity contribution in [3.05, 3.63) is 34.3 Å². The smallest absolute Gasteiger partial charge is 0.330 e. The third kappa shape index (κ3) is 3.15. The lowest BCUT2D eigenvalue weighted by Gasteiger charge is -2.18. The molecule has 5 rings (SSSR count). The maximum Gasteiger partial charge on any atom is 0.330 e. The van der Waals surface area contributed by atoms with Gasteiger partial charge in [-0.05, 0) is 79.5 Å². The molecule has 2 aliphatic carbocycles. The highest BCUT2D eigenvalue weighted by atomic mass is 32.2. The minimum atomic E-state index is -3.17. The first-order valence-electron chi connectivity index (χ1n) is 10.5. The number of urea groups is 1. The number of ether oxygens (including phenoxy) is 1. The number of aryl methyl sites for hydroxylation is 1. The fourth-order valence-corrected chi connectivity index (χ4v) is 5.93. The summed E-state index contributed by atoms with van der Waals surface area (Å²) in [4.78, 5) is 13.1. The second kappa shape index (κ2) is 7.30. The zero-order valence-corrected chi connectivity index (χ0v) is 17.6. The van der Waals surface area contributed by atoms with Gasteiger partial charge in [-0.1, -0.05) is 0 Å².